The number of hydrogen-bond acceptors (Lipinski definition) is 1. The van der Waals surface area contributed by atoms with Crippen LogP contribution in [0.25, 0.3) is 0 Å². The summed E-state index contributed by atoms with van der Waals surface area (Å²) in [6, 6.07) is 17.3. The number of halogens is 2. The third-order valence-corrected chi connectivity index (χ3v) is 3.00. The van der Waals surface area contributed by atoms with Gasteiger partial charge in [0.25, 0.3) is 0 Å². The summed E-state index contributed by atoms with van der Waals surface area (Å²) < 4.78 is 2.43. The van der Waals surface area contributed by atoms with Gasteiger partial charge in [-0.2, -0.15) is 0 Å². The maximum atomic E-state index is 8.75. The van der Waals surface area contributed by atoms with Gasteiger partial charge in [0, 0.05) is 7.14 Å². The maximum absolute atomic E-state index is 8.75. The predicted molar refractivity (Wildman–Crippen MR) is 80.0 cm³/mol. The molecule has 0 bridgehead atoms. The SMILES string of the molecule is Ic1ccccc1.Oc1ccc(I)cc1. The molecule has 1 nitrogen and oxygen atoms in total. The highest BCUT2D eigenvalue weighted by Crippen LogP contribution is 2.10. The molecule has 0 atom stereocenters. The second-order valence-corrected chi connectivity index (χ2v) is 5.26. The van der Waals surface area contributed by atoms with Crippen molar-refractivity contribution in [3.05, 3.63) is 61.7 Å². The number of hydrogen-bond donors (Lipinski definition) is 1. The van der Waals surface area contributed by atoms with E-state index in [1.165, 1.54) is 3.57 Å². The molecule has 78 valence electrons. The Bertz CT molecular complexity index is 363. The Morgan fingerprint density at radius 3 is 1.47 bits per heavy atom. The van der Waals surface area contributed by atoms with Gasteiger partial charge in [0.05, 0.1) is 0 Å². The zero-order valence-corrected chi connectivity index (χ0v) is 12.2. The Kier molecular flexibility index (Phi) is 6.00. The van der Waals surface area contributed by atoms with Gasteiger partial charge in [-0.15, -0.1) is 0 Å². The third kappa shape index (κ3) is 5.99. The van der Waals surface area contributed by atoms with Crippen molar-refractivity contribution in [2.24, 2.45) is 0 Å². The van der Waals surface area contributed by atoms with Crippen LogP contribution in [-0.2, 0) is 0 Å². The Labute approximate surface area is 117 Å². The monoisotopic (exact) mass is 424 g/mol. The molecule has 0 heterocycles. The first kappa shape index (κ1) is 12.8. The first-order valence-corrected chi connectivity index (χ1v) is 6.49. The Balaban J connectivity index is 0.000000151. The van der Waals surface area contributed by atoms with Crippen molar-refractivity contribution in [3.8, 4) is 5.75 Å². The van der Waals surface area contributed by atoms with E-state index in [2.05, 4.69) is 57.3 Å². The molecule has 2 rings (SSSR count). The maximum Gasteiger partial charge on any atom is 0.115 e. The number of phenols is 1. The van der Waals surface area contributed by atoms with Crippen LogP contribution in [0.4, 0.5) is 0 Å². The Hall–Kier alpha value is -0.300. The van der Waals surface area contributed by atoms with Gasteiger partial charge < -0.3 is 5.11 Å². The van der Waals surface area contributed by atoms with E-state index in [0.29, 0.717) is 5.75 Å². The van der Waals surface area contributed by atoms with Crippen LogP contribution in [0.5, 0.6) is 5.75 Å². The van der Waals surface area contributed by atoms with Crippen molar-refractivity contribution in [2.45, 2.75) is 0 Å². The van der Waals surface area contributed by atoms with Gasteiger partial charge in [0.1, 0.15) is 5.75 Å². The molecule has 0 spiro atoms. The second kappa shape index (κ2) is 7.05. The molecule has 2 aromatic rings. The molecule has 15 heavy (non-hydrogen) atoms. The topological polar surface area (TPSA) is 20.2 Å². The predicted octanol–water partition coefficient (Wildman–Crippen LogP) is 4.29. The number of aromatic hydroxyl groups is 1. The normalized spacial score (nSPS) is 8.93. The summed E-state index contributed by atoms with van der Waals surface area (Å²) in [5, 5.41) is 8.75. The fourth-order valence-electron chi connectivity index (χ4n) is 0.856. The molecule has 0 aromatic heterocycles. The van der Waals surface area contributed by atoms with Gasteiger partial charge in [-0.05, 0) is 81.6 Å². The van der Waals surface area contributed by atoms with Crippen molar-refractivity contribution in [3.63, 3.8) is 0 Å². The van der Waals surface area contributed by atoms with E-state index in [0.717, 1.165) is 3.57 Å². The van der Waals surface area contributed by atoms with Crippen molar-refractivity contribution in [1.29, 1.82) is 0 Å². The van der Waals surface area contributed by atoms with Gasteiger partial charge >= 0.3 is 0 Å². The van der Waals surface area contributed by atoms with Crippen LogP contribution in [0.2, 0.25) is 0 Å². The standard InChI is InChI=1S/C6H5IO.C6H5I/c7-5-1-3-6(8)4-2-5;7-6-4-2-1-3-5-6/h1-4,8H;1-5H. The van der Waals surface area contributed by atoms with Gasteiger partial charge in [0.15, 0.2) is 0 Å². The van der Waals surface area contributed by atoms with Crippen molar-refractivity contribution >= 4 is 45.2 Å². The van der Waals surface area contributed by atoms with Crippen molar-refractivity contribution in [1.82, 2.24) is 0 Å². The molecule has 0 aliphatic carbocycles. The first-order chi connectivity index (χ1) is 7.18. The lowest BCUT2D eigenvalue weighted by Gasteiger charge is -1.87. The minimum absolute atomic E-state index is 0.324. The van der Waals surface area contributed by atoms with Crippen LogP contribution >= 0.6 is 45.2 Å². The molecule has 3 heteroatoms. The molecule has 0 unspecified atom stereocenters. The quantitative estimate of drug-likeness (QED) is 0.627. The lowest BCUT2D eigenvalue weighted by Crippen LogP contribution is -1.65. The summed E-state index contributed by atoms with van der Waals surface area (Å²) in [6.07, 6.45) is 0. The summed E-state index contributed by atoms with van der Waals surface area (Å²) >= 11 is 4.47. The van der Waals surface area contributed by atoms with Crippen LogP contribution in [0, 0.1) is 7.14 Å². The fourth-order valence-corrected chi connectivity index (χ4v) is 1.63. The molecule has 1 N–H and O–H groups in total. The molecule has 0 radical (unpaired) electrons. The molecule has 0 fully saturated rings. The number of phenolic OH excluding ortho intramolecular Hbond substituents is 1. The summed E-state index contributed by atoms with van der Waals surface area (Å²) in [5.74, 6) is 0.324. The summed E-state index contributed by atoms with van der Waals surface area (Å²) in [7, 11) is 0. The highest BCUT2D eigenvalue weighted by molar-refractivity contribution is 14.1. The first-order valence-electron chi connectivity index (χ1n) is 4.33. The molecule has 2 aromatic carbocycles. The minimum atomic E-state index is 0.324. The Morgan fingerprint density at radius 1 is 0.667 bits per heavy atom. The van der Waals surface area contributed by atoms with Crippen LogP contribution in [-0.4, -0.2) is 5.11 Å². The van der Waals surface area contributed by atoms with E-state index in [1.54, 1.807) is 12.1 Å². The van der Waals surface area contributed by atoms with E-state index in [9.17, 15) is 0 Å². The van der Waals surface area contributed by atoms with E-state index in [1.807, 2.05) is 30.3 Å². The molecule has 0 saturated heterocycles. The molecular formula is C12H10I2O. The summed E-state index contributed by atoms with van der Waals surface area (Å²) in [4.78, 5) is 0. The summed E-state index contributed by atoms with van der Waals surface area (Å²) in [5.41, 5.74) is 0. The van der Waals surface area contributed by atoms with Gasteiger partial charge in [-0.25, -0.2) is 0 Å². The van der Waals surface area contributed by atoms with Crippen LogP contribution < -0.4 is 0 Å². The number of rotatable bonds is 0. The lowest BCUT2D eigenvalue weighted by atomic mass is 10.3. The third-order valence-electron chi connectivity index (χ3n) is 1.56. The average Bonchev–Trinajstić information content (AvgIpc) is 2.25. The van der Waals surface area contributed by atoms with Gasteiger partial charge in [0.2, 0.25) is 0 Å². The molecule has 0 aliphatic rings. The van der Waals surface area contributed by atoms with Crippen LogP contribution in [0.1, 0.15) is 0 Å². The van der Waals surface area contributed by atoms with Crippen molar-refractivity contribution in [2.75, 3.05) is 0 Å². The molecular weight excluding hydrogens is 414 g/mol. The van der Waals surface area contributed by atoms with E-state index in [4.69, 9.17) is 5.11 Å². The second-order valence-electron chi connectivity index (χ2n) is 2.77. The van der Waals surface area contributed by atoms with Crippen LogP contribution in [0.3, 0.4) is 0 Å². The summed E-state index contributed by atoms with van der Waals surface area (Å²) in [6.45, 7) is 0. The highest BCUT2D eigenvalue weighted by atomic mass is 127. The average molecular weight is 424 g/mol. The largest absolute Gasteiger partial charge is 0.508 e. The lowest BCUT2D eigenvalue weighted by molar-refractivity contribution is 0.475. The molecule has 0 saturated carbocycles. The van der Waals surface area contributed by atoms with E-state index >= 15 is 0 Å². The highest BCUT2D eigenvalue weighted by Gasteiger charge is 1.83. The number of benzene rings is 2. The molecule has 0 aliphatic heterocycles. The zero-order chi connectivity index (χ0) is 11.1. The van der Waals surface area contributed by atoms with Gasteiger partial charge in [-0.3, -0.25) is 0 Å². The zero-order valence-electron chi connectivity index (χ0n) is 7.90. The minimum Gasteiger partial charge on any atom is -0.508 e. The van der Waals surface area contributed by atoms with Crippen molar-refractivity contribution < 1.29 is 5.11 Å². The van der Waals surface area contributed by atoms with E-state index in [-0.39, 0.29) is 0 Å². The van der Waals surface area contributed by atoms with E-state index < -0.39 is 0 Å². The Morgan fingerprint density at radius 2 is 1.13 bits per heavy atom. The fraction of sp³-hybridized carbons (Fsp3) is 0. The molecule has 0 amide bonds. The van der Waals surface area contributed by atoms with Gasteiger partial charge in [-0.1, -0.05) is 18.2 Å². The smallest absolute Gasteiger partial charge is 0.115 e. The van der Waals surface area contributed by atoms with Crippen LogP contribution in [0.15, 0.2) is 54.6 Å².